The molecule has 1 N–H and O–H groups in total. The zero-order valence-electron chi connectivity index (χ0n) is 18.1. The first-order chi connectivity index (χ1) is 15.1. The molecule has 0 saturated heterocycles. The van der Waals surface area contributed by atoms with E-state index in [1.54, 1.807) is 38.1 Å². The maximum absolute atomic E-state index is 13.0. The minimum Gasteiger partial charge on any atom is -0.481 e. The predicted molar refractivity (Wildman–Crippen MR) is 113 cm³/mol. The van der Waals surface area contributed by atoms with Crippen LogP contribution in [0.15, 0.2) is 48.5 Å². The Hall–Kier alpha value is -3.07. The Labute approximate surface area is 184 Å². The summed E-state index contributed by atoms with van der Waals surface area (Å²) in [6.45, 7) is 5.33. The lowest BCUT2D eigenvalue weighted by atomic mass is 10.1. The minimum absolute atomic E-state index is 0.133. The fourth-order valence-corrected chi connectivity index (χ4v) is 3.13. The van der Waals surface area contributed by atoms with Crippen LogP contribution < -0.4 is 9.64 Å². The molecule has 0 spiro atoms. The summed E-state index contributed by atoms with van der Waals surface area (Å²) in [7, 11) is 0. The molecule has 2 unspecified atom stereocenters. The van der Waals surface area contributed by atoms with E-state index in [1.165, 1.54) is 24.0 Å². The zero-order chi connectivity index (χ0) is 23.9. The minimum atomic E-state index is -4.51. The highest BCUT2D eigenvalue weighted by Gasteiger charge is 2.31. The molecule has 0 saturated carbocycles. The van der Waals surface area contributed by atoms with E-state index in [-0.39, 0.29) is 25.3 Å². The normalized spacial score (nSPS) is 13.3. The van der Waals surface area contributed by atoms with Crippen molar-refractivity contribution in [2.75, 3.05) is 18.1 Å². The lowest BCUT2D eigenvalue weighted by Gasteiger charge is -2.25. The Morgan fingerprint density at radius 1 is 1.09 bits per heavy atom. The Kier molecular flexibility index (Phi) is 8.65. The highest BCUT2D eigenvalue weighted by atomic mass is 19.4. The average molecular weight is 453 g/mol. The summed E-state index contributed by atoms with van der Waals surface area (Å²) in [4.78, 5) is 25.3. The first kappa shape index (κ1) is 25.2. The standard InChI is InChI=1S/C23H26F3NO5/c1-4-27(18-8-6-7-17(14-18)23(24,25)26)21(28)15(3)32-19-11-9-16(10-12-19)13-20(22(29)30)31-5-2/h6-12,14-15,20H,4-5,13H2,1-3H3,(H,29,30). The number of halogens is 3. The summed E-state index contributed by atoms with van der Waals surface area (Å²) in [6, 6.07) is 11.1. The lowest BCUT2D eigenvalue weighted by Crippen LogP contribution is -2.40. The van der Waals surface area contributed by atoms with Crippen LogP contribution in [0, 0.1) is 0 Å². The lowest BCUT2D eigenvalue weighted by molar-refractivity contribution is -0.150. The predicted octanol–water partition coefficient (Wildman–Crippen LogP) is 4.56. The Balaban J connectivity index is 2.08. The van der Waals surface area contributed by atoms with Crippen molar-refractivity contribution >= 4 is 17.6 Å². The molecule has 2 rings (SSSR count). The van der Waals surface area contributed by atoms with Crippen molar-refractivity contribution in [3.8, 4) is 5.75 Å². The van der Waals surface area contributed by atoms with E-state index in [2.05, 4.69) is 0 Å². The summed E-state index contributed by atoms with van der Waals surface area (Å²) in [6.07, 6.45) is -6.25. The number of ether oxygens (including phenoxy) is 2. The molecule has 0 aliphatic rings. The van der Waals surface area contributed by atoms with Crippen molar-refractivity contribution in [3.63, 3.8) is 0 Å². The van der Waals surface area contributed by atoms with E-state index in [0.29, 0.717) is 5.75 Å². The van der Waals surface area contributed by atoms with Crippen molar-refractivity contribution in [2.45, 2.75) is 45.6 Å². The highest BCUT2D eigenvalue weighted by molar-refractivity contribution is 5.96. The fourth-order valence-electron chi connectivity index (χ4n) is 3.13. The number of likely N-dealkylation sites (N-methyl/N-ethyl adjacent to an activating group) is 1. The van der Waals surface area contributed by atoms with Gasteiger partial charge in [-0.2, -0.15) is 13.2 Å². The van der Waals surface area contributed by atoms with Crippen LogP contribution in [-0.2, 0) is 26.9 Å². The number of amides is 1. The number of carboxylic acids is 1. The average Bonchev–Trinajstić information content (AvgIpc) is 2.74. The molecule has 1 amide bonds. The second-order valence-electron chi connectivity index (χ2n) is 7.02. The molecule has 32 heavy (non-hydrogen) atoms. The van der Waals surface area contributed by atoms with Crippen LogP contribution in [0.1, 0.15) is 31.9 Å². The largest absolute Gasteiger partial charge is 0.481 e. The summed E-state index contributed by atoms with van der Waals surface area (Å²) in [5, 5.41) is 9.18. The number of benzene rings is 2. The summed E-state index contributed by atoms with van der Waals surface area (Å²) >= 11 is 0. The molecule has 0 aromatic heterocycles. The van der Waals surface area contributed by atoms with Gasteiger partial charge in [0.1, 0.15) is 5.75 Å². The molecule has 0 aliphatic carbocycles. The molecule has 6 nitrogen and oxygen atoms in total. The topological polar surface area (TPSA) is 76.1 Å². The van der Waals surface area contributed by atoms with Crippen molar-refractivity contribution in [3.05, 3.63) is 59.7 Å². The summed E-state index contributed by atoms with van der Waals surface area (Å²) in [5.41, 5.74) is 0.0159. The van der Waals surface area contributed by atoms with Crippen LogP contribution in [0.5, 0.6) is 5.75 Å². The smallest absolute Gasteiger partial charge is 0.416 e. The van der Waals surface area contributed by atoms with Gasteiger partial charge in [0.05, 0.1) is 5.56 Å². The van der Waals surface area contributed by atoms with Crippen LogP contribution in [0.25, 0.3) is 0 Å². The van der Waals surface area contributed by atoms with Crippen LogP contribution in [0.4, 0.5) is 18.9 Å². The van der Waals surface area contributed by atoms with Crippen molar-refractivity contribution in [1.29, 1.82) is 0 Å². The monoisotopic (exact) mass is 453 g/mol. The molecule has 174 valence electrons. The first-order valence-corrected chi connectivity index (χ1v) is 10.1. The van der Waals surface area contributed by atoms with E-state index < -0.39 is 35.8 Å². The third-order valence-corrected chi connectivity index (χ3v) is 4.72. The number of rotatable bonds is 10. The second kappa shape index (κ2) is 11.0. The van der Waals surface area contributed by atoms with Gasteiger partial charge in [-0.1, -0.05) is 18.2 Å². The molecule has 9 heteroatoms. The molecule has 0 radical (unpaired) electrons. The quantitative estimate of drug-likeness (QED) is 0.571. The van der Waals surface area contributed by atoms with Crippen LogP contribution in [-0.4, -0.2) is 42.3 Å². The van der Waals surface area contributed by atoms with Crippen molar-refractivity contribution in [1.82, 2.24) is 0 Å². The van der Waals surface area contributed by atoms with Crippen LogP contribution in [0.3, 0.4) is 0 Å². The van der Waals surface area contributed by atoms with Crippen molar-refractivity contribution in [2.24, 2.45) is 0 Å². The molecule has 2 aromatic rings. The van der Waals surface area contributed by atoms with Crippen LogP contribution >= 0.6 is 0 Å². The van der Waals surface area contributed by atoms with Gasteiger partial charge in [0.25, 0.3) is 5.91 Å². The number of anilines is 1. The molecule has 0 heterocycles. The fraction of sp³-hybridized carbons (Fsp3) is 0.391. The molecule has 0 bridgehead atoms. The van der Waals surface area contributed by atoms with E-state index in [0.717, 1.165) is 17.7 Å². The second-order valence-corrected chi connectivity index (χ2v) is 7.02. The maximum atomic E-state index is 13.0. The van der Waals surface area contributed by atoms with Gasteiger partial charge < -0.3 is 19.5 Å². The third kappa shape index (κ3) is 6.71. The van der Waals surface area contributed by atoms with Gasteiger partial charge >= 0.3 is 12.1 Å². The van der Waals surface area contributed by atoms with Gasteiger partial charge in [0.2, 0.25) is 0 Å². The maximum Gasteiger partial charge on any atom is 0.416 e. The summed E-state index contributed by atoms with van der Waals surface area (Å²) in [5.74, 6) is -1.17. The Bertz CT molecular complexity index is 915. The van der Waals surface area contributed by atoms with E-state index in [9.17, 15) is 27.9 Å². The first-order valence-electron chi connectivity index (χ1n) is 10.1. The zero-order valence-corrected chi connectivity index (χ0v) is 18.1. The highest BCUT2D eigenvalue weighted by Crippen LogP contribution is 2.32. The number of carbonyl (C=O) groups excluding carboxylic acids is 1. The third-order valence-electron chi connectivity index (χ3n) is 4.72. The number of hydrogen-bond donors (Lipinski definition) is 1. The number of carboxylic acid groups (broad SMARTS) is 1. The van der Waals surface area contributed by atoms with Gasteiger partial charge in [-0.15, -0.1) is 0 Å². The summed E-state index contributed by atoms with van der Waals surface area (Å²) < 4.78 is 49.9. The molecule has 2 atom stereocenters. The van der Waals surface area contributed by atoms with Gasteiger partial charge in [-0.25, -0.2) is 4.79 Å². The Morgan fingerprint density at radius 2 is 1.75 bits per heavy atom. The van der Waals surface area contributed by atoms with E-state index in [1.807, 2.05) is 0 Å². The molecular formula is C23H26F3NO5. The molecule has 2 aromatic carbocycles. The van der Waals surface area contributed by atoms with E-state index >= 15 is 0 Å². The number of hydrogen-bond acceptors (Lipinski definition) is 4. The SMILES string of the molecule is CCOC(Cc1ccc(OC(C)C(=O)N(CC)c2cccc(C(F)(F)F)c2)cc1)C(=O)O. The number of carbonyl (C=O) groups is 2. The molecule has 0 fully saturated rings. The Morgan fingerprint density at radius 3 is 2.28 bits per heavy atom. The van der Waals surface area contributed by atoms with Crippen LogP contribution in [0.2, 0.25) is 0 Å². The van der Waals surface area contributed by atoms with Gasteiger partial charge in [0.15, 0.2) is 12.2 Å². The van der Waals surface area contributed by atoms with Gasteiger partial charge in [-0.05, 0) is 56.7 Å². The number of aliphatic carboxylic acids is 1. The number of alkyl halides is 3. The number of nitrogens with zero attached hydrogens (tertiary/aromatic N) is 1. The molecule has 0 aliphatic heterocycles. The van der Waals surface area contributed by atoms with Gasteiger partial charge in [-0.3, -0.25) is 4.79 Å². The van der Waals surface area contributed by atoms with E-state index in [4.69, 9.17) is 9.47 Å². The molecular weight excluding hydrogens is 427 g/mol. The van der Waals surface area contributed by atoms with Crippen molar-refractivity contribution < 1.29 is 37.3 Å². The van der Waals surface area contributed by atoms with Gasteiger partial charge in [0, 0.05) is 25.3 Å².